The summed E-state index contributed by atoms with van der Waals surface area (Å²) < 4.78 is 0.899. The van der Waals surface area contributed by atoms with E-state index in [0.29, 0.717) is 10.9 Å². The number of aromatic nitrogens is 1. The van der Waals surface area contributed by atoms with Gasteiger partial charge in [0, 0.05) is 13.0 Å². The van der Waals surface area contributed by atoms with Crippen molar-refractivity contribution in [2.24, 2.45) is 11.8 Å². The van der Waals surface area contributed by atoms with E-state index >= 15 is 0 Å². The Hall–Kier alpha value is -1.92. The molecule has 0 aromatic carbocycles. The standard InChI is InChI=1S/C17H20N4O3S2/c1-10-16(25-9-7-18)26-17(19-10)20-13(22)6-8-21-14(23)11-4-2-3-5-12(11)15(21)24/h11-12H,2-6,8-9H2,1H3,(H,19,20,22). The lowest BCUT2D eigenvalue weighted by atomic mass is 9.81. The van der Waals surface area contributed by atoms with Gasteiger partial charge in [0.15, 0.2) is 5.13 Å². The molecule has 1 aliphatic heterocycles. The van der Waals surface area contributed by atoms with Crippen molar-refractivity contribution in [2.75, 3.05) is 17.6 Å². The molecule has 1 aliphatic carbocycles. The van der Waals surface area contributed by atoms with Gasteiger partial charge in [-0.05, 0) is 19.8 Å². The number of likely N-dealkylation sites (tertiary alicyclic amines) is 1. The molecule has 3 rings (SSSR count). The summed E-state index contributed by atoms with van der Waals surface area (Å²) in [6.45, 7) is 1.95. The Morgan fingerprint density at radius 2 is 2.00 bits per heavy atom. The third-order valence-corrected chi connectivity index (χ3v) is 7.07. The van der Waals surface area contributed by atoms with Crippen LogP contribution in [0.25, 0.3) is 0 Å². The molecule has 2 heterocycles. The molecule has 1 saturated carbocycles. The van der Waals surface area contributed by atoms with E-state index in [-0.39, 0.29) is 42.5 Å². The summed E-state index contributed by atoms with van der Waals surface area (Å²) in [6.07, 6.45) is 3.60. The second-order valence-electron chi connectivity index (χ2n) is 6.46. The first-order valence-electron chi connectivity index (χ1n) is 8.63. The van der Waals surface area contributed by atoms with E-state index in [1.165, 1.54) is 28.0 Å². The van der Waals surface area contributed by atoms with Crippen LogP contribution in [-0.2, 0) is 14.4 Å². The Labute approximate surface area is 160 Å². The highest BCUT2D eigenvalue weighted by Crippen LogP contribution is 2.38. The SMILES string of the molecule is Cc1nc(NC(=O)CCN2C(=O)C3CCCCC3C2=O)sc1SCC#N. The highest BCUT2D eigenvalue weighted by molar-refractivity contribution is 8.01. The maximum absolute atomic E-state index is 12.4. The number of nitriles is 1. The van der Waals surface area contributed by atoms with Crippen molar-refractivity contribution in [1.29, 1.82) is 5.26 Å². The number of amides is 3. The van der Waals surface area contributed by atoms with Crippen LogP contribution in [0.3, 0.4) is 0 Å². The molecule has 26 heavy (non-hydrogen) atoms. The summed E-state index contributed by atoms with van der Waals surface area (Å²) in [5.41, 5.74) is 0.777. The fraction of sp³-hybridized carbons (Fsp3) is 0.588. The lowest BCUT2D eigenvalue weighted by Gasteiger charge is -2.19. The van der Waals surface area contributed by atoms with Crippen molar-refractivity contribution in [3.05, 3.63) is 5.69 Å². The lowest BCUT2D eigenvalue weighted by Crippen LogP contribution is -2.34. The number of carbonyl (C=O) groups is 3. The summed E-state index contributed by atoms with van der Waals surface area (Å²) in [4.78, 5) is 42.5. The van der Waals surface area contributed by atoms with Crippen molar-refractivity contribution >= 4 is 46.0 Å². The molecule has 2 unspecified atom stereocenters. The highest BCUT2D eigenvalue weighted by atomic mass is 32.2. The molecule has 1 aromatic heterocycles. The molecule has 1 aromatic rings. The number of hydrogen-bond donors (Lipinski definition) is 1. The molecule has 1 N–H and O–H groups in total. The van der Waals surface area contributed by atoms with Gasteiger partial charge in [-0.25, -0.2) is 4.98 Å². The predicted molar refractivity (Wildman–Crippen MR) is 98.6 cm³/mol. The van der Waals surface area contributed by atoms with Crippen LogP contribution in [0, 0.1) is 30.1 Å². The minimum Gasteiger partial charge on any atom is -0.302 e. The summed E-state index contributed by atoms with van der Waals surface area (Å²) >= 11 is 2.71. The van der Waals surface area contributed by atoms with Gasteiger partial charge in [-0.2, -0.15) is 5.26 Å². The number of hydrogen-bond acceptors (Lipinski definition) is 7. The molecule has 0 radical (unpaired) electrons. The molecular weight excluding hydrogens is 372 g/mol. The monoisotopic (exact) mass is 392 g/mol. The zero-order valence-electron chi connectivity index (χ0n) is 14.5. The van der Waals surface area contributed by atoms with Gasteiger partial charge in [-0.1, -0.05) is 35.9 Å². The van der Waals surface area contributed by atoms with Crippen LogP contribution in [0.1, 0.15) is 37.8 Å². The molecule has 3 amide bonds. The molecular formula is C17H20N4O3S2. The number of carbonyl (C=O) groups excluding carboxylic acids is 3. The van der Waals surface area contributed by atoms with Gasteiger partial charge in [-0.3, -0.25) is 19.3 Å². The van der Waals surface area contributed by atoms with Crippen molar-refractivity contribution in [3.8, 4) is 6.07 Å². The normalized spacial score (nSPS) is 22.2. The number of anilines is 1. The number of thioether (sulfide) groups is 1. The van der Waals surface area contributed by atoms with Gasteiger partial charge >= 0.3 is 0 Å². The molecule has 7 nitrogen and oxygen atoms in total. The minimum absolute atomic E-state index is 0.0657. The topological polar surface area (TPSA) is 103 Å². The fourth-order valence-corrected chi connectivity index (χ4v) is 5.33. The maximum atomic E-state index is 12.4. The second-order valence-corrected chi connectivity index (χ2v) is 8.71. The van der Waals surface area contributed by atoms with Gasteiger partial charge in [0.1, 0.15) is 0 Å². The van der Waals surface area contributed by atoms with Crippen LogP contribution in [0.15, 0.2) is 4.21 Å². The average Bonchev–Trinajstić information content (AvgIpc) is 3.09. The number of aryl methyl sites for hydroxylation is 1. The molecule has 0 spiro atoms. The van der Waals surface area contributed by atoms with Crippen LogP contribution < -0.4 is 5.32 Å². The summed E-state index contributed by atoms with van der Waals surface area (Å²) in [6, 6.07) is 2.06. The molecule has 2 aliphatic rings. The summed E-state index contributed by atoms with van der Waals surface area (Å²) in [7, 11) is 0. The first-order valence-corrected chi connectivity index (χ1v) is 10.4. The number of imide groups is 1. The summed E-state index contributed by atoms with van der Waals surface area (Å²) in [5, 5.41) is 11.8. The maximum Gasteiger partial charge on any atom is 0.233 e. The smallest absolute Gasteiger partial charge is 0.233 e. The Kier molecular flexibility index (Phi) is 5.94. The van der Waals surface area contributed by atoms with Gasteiger partial charge < -0.3 is 5.32 Å². The lowest BCUT2D eigenvalue weighted by molar-refractivity contribution is -0.140. The Balaban J connectivity index is 1.54. The van der Waals surface area contributed by atoms with Crippen molar-refractivity contribution in [2.45, 2.75) is 43.2 Å². The Morgan fingerprint density at radius 3 is 2.62 bits per heavy atom. The molecule has 0 bridgehead atoms. The van der Waals surface area contributed by atoms with E-state index in [1.54, 1.807) is 0 Å². The number of nitrogens with one attached hydrogen (secondary N) is 1. The number of thiazole rings is 1. The molecule has 1 saturated heterocycles. The zero-order chi connectivity index (χ0) is 18.7. The Bertz CT molecular complexity index is 747. The summed E-state index contributed by atoms with van der Waals surface area (Å²) in [5.74, 6) is -0.536. The number of nitrogens with zero attached hydrogens (tertiary/aromatic N) is 3. The van der Waals surface area contributed by atoms with E-state index in [2.05, 4.69) is 16.4 Å². The fourth-order valence-electron chi connectivity index (χ4n) is 3.51. The van der Waals surface area contributed by atoms with Crippen molar-refractivity contribution in [3.63, 3.8) is 0 Å². The number of fused-ring (bicyclic) bond motifs is 1. The third kappa shape index (κ3) is 3.91. The van der Waals surface area contributed by atoms with Crippen LogP contribution in [0.5, 0.6) is 0 Å². The molecule has 9 heteroatoms. The second kappa shape index (κ2) is 8.18. The quantitative estimate of drug-likeness (QED) is 0.589. The van der Waals surface area contributed by atoms with Crippen LogP contribution in [-0.4, -0.2) is 39.9 Å². The average molecular weight is 393 g/mol. The van der Waals surface area contributed by atoms with Crippen LogP contribution in [0.2, 0.25) is 0 Å². The first-order chi connectivity index (χ1) is 12.5. The van der Waals surface area contributed by atoms with Gasteiger partial charge in [0.25, 0.3) is 0 Å². The predicted octanol–water partition coefficient (Wildman–Crippen LogP) is 2.57. The molecule has 2 atom stereocenters. The highest BCUT2D eigenvalue weighted by Gasteiger charge is 2.47. The van der Waals surface area contributed by atoms with Crippen LogP contribution in [0.4, 0.5) is 5.13 Å². The molecule has 2 fully saturated rings. The number of rotatable bonds is 6. The van der Waals surface area contributed by atoms with Gasteiger partial charge in [0.2, 0.25) is 17.7 Å². The van der Waals surface area contributed by atoms with E-state index in [1.807, 2.05) is 6.92 Å². The van der Waals surface area contributed by atoms with E-state index in [9.17, 15) is 14.4 Å². The molecule has 138 valence electrons. The van der Waals surface area contributed by atoms with Crippen molar-refractivity contribution < 1.29 is 14.4 Å². The van der Waals surface area contributed by atoms with Gasteiger partial charge in [-0.15, -0.1) is 0 Å². The van der Waals surface area contributed by atoms with Crippen molar-refractivity contribution in [1.82, 2.24) is 9.88 Å². The third-order valence-electron chi connectivity index (χ3n) is 4.76. The minimum atomic E-state index is -0.272. The van der Waals surface area contributed by atoms with E-state index in [0.717, 1.165) is 35.6 Å². The van der Waals surface area contributed by atoms with Gasteiger partial charge in [0.05, 0.1) is 33.6 Å². The Morgan fingerprint density at radius 1 is 1.35 bits per heavy atom. The largest absolute Gasteiger partial charge is 0.302 e. The van der Waals surface area contributed by atoms with Crippen LogP contribution >= 0.6 is 23.1 Å². The van der Waals surface area contributed by atoms with E-state index in [4.69, 9.17) is 5.26 Å². The van der Waals surface area contributed by atoms with E-state index < -0.39 is 0 Å². The zero-order valence-corrected chi connectivity index (χ0v) is 16.1. The first kappa shape index (κ1) is 18.9.